The van der Waals surface area contributed by atoms with Gasteiger partial charge in [-0.1, -0.05) is 11.8 Å². The van der Waals surface area contributed by atoms with E-state index < -0.39 is 53.2 Å². The molecular weight excluding hydrogens is 380 g/mol. The van der Waals surface area contributed by atoms with Crippen molar-refractivity contribution in [2.75, 3.05) is 12.3 Å². The molecule has 7 N–H and O–H groups in total. The Balaban J connectivity index is 4.80. The fourth-order valence-electron chi connectivity index (χ4n) is 1.96. The second kappa shape index (κ2) is 11.4. The summed E-state index contributed by atoms with van der Waals surface area (Å²) >= 11 is 0.591. The number of aliphatic carboxylic acids is 2. The molecule has 12 heteroatoms. The van der Waals surface area contributed by atoms with Gasteiger partial charge < -0.3 is 26.6 Å². The van der Waals surface area contributed by atoms with Crippen molar-refractivity contribution in [1.29, 1.82) is 0 Å². The van der Waals surface area contributed by atoms with Crippen molar-refractivity contribution in [2.45, 2.75) is 51.2 Å². The van der Waals surface area contributed by atoms with Gasteiger partial charge in [0.25, 0.3) is 5.24 Å². The standard InChI is InChI=1S/C15H26N4O7S/c1-15(2,3)19-8(13(24)25)4-5-10(20)18-9(7-27-14(16)26)12(23)17-6-11(21)22/h8-9,19H,4-7H2,1-3H3,(H2,16,26)(H,17,23)(H,18,20)(H,21,22)(H,24,25). The van der Waals surface area contributed by atoms with Crippen LogP contribution in [0.15, 0.2) is 0 Å². The largest absolute Gasteiger partial charge is 0.480 e. The van der Waals surface area contributed by atoms with Crippen molar-refractivity contribution in [3.05, 3.63) is 0 Å². The van der Waals surface area contributed by atoms with E-state index in [1.54, 1.807) is 20.8 Å². The zero-order valence-electron chi connectivity index (χ0n) is 15.4. The van der Waals surface area contributed by atoms with Crippen molar-refractivity contribution >= 4 is 40.8 Å². The zero-order valence-corrected chi connectivity index (χ0v) is 16.2. The summed E-state index contributed by atoms with van der Waals surface area (Å²) in [6.07, 6.45) is -0.213. The predicted octanol–water partition coefficient (Wildman–Crippen LogP) is -0.895. The zero-order chi connectivity index (χ0) is 21.2. The summed E-state index contributed by atoms with van der Waals surface area (Å²) in [6.45, 7) is 4.70. The molecule has 0 aromatic heterocycles. The summed E-state index contributed by atoms with van der Waals surface area (Å²) in [5.74, 6) is -3.97. The number of carboxylic acids is 2. The summed E-state index contributed by atoms with van der Waals surface area (Å²) in [4.78, 5) is 56.7. The Morgan fingerprint density at radius 2 is 1.67 bits per heavy atom. The fourth-order valence-corrected chi connectivity index (χ4v) is 2.52. The molecule has 2 unspecified atom stereocenters. The molecule has 0 fully saturated rings. The number of thioether (sulfide) groups is 1. The molecule has 0 aliphatic rings. The van der Waals surface area contributed by atoms with Crippen LogP contribution in [0.2, 0.25) is 0 Å². The van der Waals surface area contributed by atoms with Crippen LogP contribution >= 0.6 is 11.8 Å². The van der Waals surface area contributed by atoms with E-state index in [9.17, 15) is 29.1 Å². The average molecular weight is 406 g/mol. The van der Waals surface area contributed by atoms with Crippen molar-refractivity contribution in [2.24, 2.45) is 5.73 Å². The second-order valence-electron chi connectivity index (χ2n) is 6.69. The monoisotopic (exact) mass is 406 g/mol. The van der Waals surface area contributed by atoms with E-state index in [2.05, 4.69) is 16.0 Å². The van der Waals surface area contributed by atoms with Gasteiger partial charge >= 0.3 is 11.9 Å². The van der Waals surface area contributed by atoms with E-state index in [1.807, 2.05) is 0 Å². The summed E-state index contributed by atoms with van der Waals surface area (Å²) in [7, 11) is 0. The van der Waals surface area contributed by atoms with Crippen LogP contribution in [-0.4, -0.2) is 69.1 Å². The van der Waals surface area contributed by atoms with E-state index in [-0.39, 0.29) is 18.6 Å². The number of hydrogen-bond acceptors (Lipinski definition) is 7. The molecule has 0 saturated heterocycles. The molecule has 154 valence electrons. The molecule has 3 amide bonds. The lowest BCUT2D eigenvalue weighted by molar-refractivity contribution is -0.140. The molecule has 2 atom stereocenters. The number of nitrogens with one attached hydrogen (secondary N) is 3. The maximum atomic E-state index is 12.1. The maximum absolute atomic E-state index is 12.1. The highest BCUT2D eigenvalue weighted by Gasteiger charge is 2.26. The Morgan fingerprint density at radius 1 is 1.07 bits per heavy atom. The smallest absolute Gasteiger partial charge is 0.322 e. The van der Waals surface area contributed by atoms with E-state index in [4.69, 9.17) is 10.8 Å². The topological polar surface area (TPSA) is 188 Å². The van der Waals surface area contributed by atoms with Crippen LogP contribution in [0.25, 0.3) is 0 Å². The van der Waals surface area contributed by atoms with Crippen LogP contribution in [0, 0.1) is 0 Å². The van der Waals surface area contributed by atoms with E-state index in [0.717, 1.165) is 0 Å². The van der Waals surface area contributed by atoms with Gasteiger partial charge in [-0.15, -0.1) is 0 Å². The van der Waals surface area contributed by atoms with Crippen LogP contribution < -0.4 is 21.7 Å². The van der Waals surface area contributed by atoms with Gasteiger partial charge in [-0.3, -0.25) is 29.3 Å². The van der Waals surface area contributed by atoms with E-state index in [0.29, 0.717) is 11.8 Å². The fraction of sp³-hybridized carbons (Fsp3) is 0.667. The minimum absolute atomic E-state index is 0.0230. The molecule has 0 spiro atoms. The lowest BCUT2D eigenvalue weighted by atomic mass is 10.0. The molecule has 0 bridgehead atoms. The number of amides is 3. The lowest BCUT2D eigenvalue weighted by Crippen LogP contribution is -2.50. The average Bonchev–Trinajstić information content (AvgIpc) is 2.51. The van der Waals surface area contributed by atoms with Crippen LogP contribution in [0.4, 0.5) is 4.79 Å². The first kappa shape index (κ1) is 24.7. The third-order valence-electron chi connectivity index (χ3n) is 3.02. The number of nitrogens with two attached hydrogens (primary N) is 1. The molecule has 27 heavy (non-hydrogen) atoms. The van der Waals surface area contributed by atoms with E-state index >= 15 is 0 Å². The number of rotatable bonds is 11. The highest BCUT2D eigenvalue weighted by molar-refractivity contribution is 8.13. The normalized spacial score (nSPS) is 13.3. The third kappa shape index (κ3) is 12.6. The Morgan fingerprint density at radius 3 is 2.11 bits per heavy atom. The quantitative estimate of drug-likeness (QED) is 0.253. The molecule has 0 rings (SSSR count). The molecule has 0 aliphatic heterocycles. The van der Waals surface area contributed by atoms with Crippen LogP contribution in [0.1, 0.15) is 33.6 Å². The lowest BCUT2D eigenvalue weighted by Gasteiger charge is -2.26. The molecule has 0 saturated carbocycles. The van der Waals surface area contributed by atoms with Gasteiger partial charge in [0, 0.05) is 17.7 Å². The minimum Gasteiger partial charge on any atom is -0.480 e. The maximum Gasteiger partial charge on any atom is 0.322 e. The SMILES string of the molecule is CC(C)(C)NC(CCC(=O)NC(CSC(N)=O)C(=O)NCC(=O)O)C(=O)O. The predicted molar refractivity (Wildman–Crippen MR) is 98.2 cm³/mol. The summed E-state index contributed by atoms with van der Waals surface area (Å²) < 4.78 is 0. The highest BCUT2D eigenvalue weighted by Crippen LogP contribution is 2.08. The first-order valence-corrected chi connectivity index (χ1v) is 9.02. The van der Waals surface area contributed by atoms with Gasteiger partial charge in [-0.05, 0) is 27.2 Å². The van der Waals surface area contributed by atoms with Gasteiger partial charge in [-0.2, -0.15) is 0 Å². The van der Waals surface area contributed by atoms with Gasteiger partial charge in [0.15, 0.2) is 0 Å². The number of carboxylic acid groups (broad SMARTS) is 2. The van der Waals surface area contributed by atoms with Gasteiger partial charge in [0.1, 0.15) is 18.6 Å². The molecule has 0 aliphatic carbocycles. The highest BCUT2D eigenvalue weighted by atomic mass is 32.2. The van der Waals surface area contributed by atoms with Crippen molar-refractivity contribution in [1.82, 2.24) is 16.0 Å². The van der Waals surface area contributed by atoms with Crippen LogP contribution in [-0.2, 0) is 19.2 Å². The van der Waals surface area contributed by atoms with Gasteiger partial charge in [0.2, 0.25) is 11.8 Å². The summed E-state index contributed by atoms with van der Waals surface area (Å²) in [5, 5.41) is 24.4. The Labute approximate surface area is 160 Å². The Kier molecular flexibility index (Phi) is 10.4. The van der Waals surface area contributed by atoms with Crippen molar-refractivity contribution < 1.29 is 34.2 Å². The second-order valence-corrected chi connectivity index (χ2v) is 7.71. The summed E-state index contributed by atoms with van der Waals surface area (Å²) in [6, 6.07) is -2.15. The van der Waals surface area contributed by atoms with E-state index in [1.165, 1.54) is 0 Å². The number of primary amides is 1. The Bertz CT molecular complexity index is 577. The third-order valence-corrected chi connectivity index (χ3v) is 3.81. The number of carbonyl (C=O) groups excluding carboxylic acids is 3. The molecule has 0 radical (unpaired) electrons. The Hall–Kier alpha value is -2.34. The summed E-state index contributed by atoms with van der Waals surface area (Å²) in [5.41, 5.74) is 4.52. The first-order valence-electron chi connectivity index (χ1n) is 8.03. The van der Waals surface area contributed by atoms with Crippen LogP contribution in [0.5, 0.6) is 0 Å². The van der Waals surface area contributed by atoms with Gasteiger partial charge in [0.05, 0.1) is 0 Å². The molecule has 0 heterocycles. The molecule has 0 aromatic carbocycles. The van der Waals surface area contributed by atoms with Gasteiger partial charge in [-0.25, -0.2) is 0 Å². The molecule has 0 aromatic rings. The number of carbonyl (C=O) groups is 5. The van der Waals surface area contributed by atoms with Crippen molar-refractivity contribution in [3.63, 3.8) is 0 Å². The minimum atomic E-state index is -1.27. The molecular formula is C15H26N4O7S. The van der Waals surface area contributed by atoms with Crippen molar-refractivity contribution in [3.8, 4) is 0 Å². The number of hydrogen-bond donors (Lipinski definition) is 6. The molecule has 11 nitrogen and oxygen atoms in total. The van der Waals surface area contributed by atoms with Crippen LogP contribution in [0.3, 0.4) is 0 Å². The first-order chi connectivity index (χ1) is 12.3.